The summed E-state index contributed by atoms with van der Waals surface area (Å²) in [5.74, 6) is 6.02. The minimum atomic E-state index is -0.654. The lowest BCUT2D eigenvalue weighted by molar-refractivity contribution is 0.701. The zero-order valence-electron chi connectivity index (χ0n) is 12.0. The molecule has 1 heterocycles. The number of para-hydroxylation sites is 1. The molecule has 110 valence electrons. The van der Waals surface area contributed by atoms with Crippen LogP contribution in [0.4, 0.5) is 5.69 Å². The van der Waals surface area contributed by atoms with Crippen molar-refractivity contribution < 1.29 is 0 Å². The van der Waals surface area contributed by atoms with Gasteiger partial charge >= 0.3 is 0 Å². The van der Waals surface area contributed by atoms with E-state index in [1.165, 1.54) is 5.01 Å². The number of nitrogens with two attached hydrogens (primary N) is 2. The third kappa shape index (κ3) is 2.42. The van der Waals surface area contributed by atoms with Crippen LogP contribution in [-0.2, 0) is 6.54 Å². The maximum absolute atomic E-state index is 9.46. The van der Waals surface area contributed by atoms with Gasteiger partial charge in [-0.2, -0.15) is 5.26 Å². The Morgan fingerprint density at radius 1 is 1.09 bits per heavy atom. The van der Waals surface area contributed by atoms with Crippen LogP contribution in [0, 0.1) is 11.3 Å². The first-order valence-corrected chi connectivity index (χ1v) is 7.03. The molecule has 1 atom stereocenters. The van der Waals surface area contributed by atoms with E-state index in [0.29, 0.717) is 12.1 Å². The van der Waals surface area contributed by atoms with Crippen LogP contribution in [0.1, 0.15) is 11.1 Å². The van der Waals surface area contributed by atoms with Crippen LogP contribution in [0.2, 0.25) is 0 Å². The van der Waals surface area contributed by atoms with E-state index in [1.807, 2.05) is 54.6 Å². The molecule has 5 heteroatoms. The number of fused-ring (bicyclic) bond motifs is 1. The van der Waals surface area contributed by atoms with Crippen LogP contribution < -0.4 is 21.9 Å². The summed E-state index contributed by atoms with van der Waals surface area (Å²) in [6.45, 7) is 0.618. The fraction of sp³-hybridized carbons (Fsp3) is 0.118. The van der Waals surface area contributed by atoms with Gasteiger partial charge in [0.05, 0.1) is 17.0 Å². The highest BCUT2D eigenvalue weighted by Crippen LogP contribution is 2.33. The average molecular weight is 291 g/mol. The molecule has 0 aromatic heterocycles. The summed E-state index contributed by atoms with van der Waals surface area (Å²) >= 11 is 0. The number of rotatable bonds is 3. The molecule has 0 saturated heterocycles. The van der Waals surface area contributed by atoms with Crippen molar-refractivity contribution in [2.24, 2.45) is 11.6 Å². The van der Waals surface area contributed by atoms with Crippen molar-refractivity contribution in [1.82, 2.24) is 5.32 Å². The Balaban J connectivity index is 1.99. The highest BCUT2D eigenvalue weighted by Gasteiger charge is 2.29. The SMILES string of the molecule is N#CC1=C(NCc2ccccc2)c2ccccc2N(N)C1N. The number of hydrogen-bond donors (Lipinski definition) is 3. The van der Waals surface area contributed by atoms with Crippen LogP contribution in [-0.4, -0.2) is 6.17 Å². The first-order chi connectivity index (χ1) is 10.7. The van der Waals surface area contributed by atoms with E-state index >= 15 is 0 Å². The first-order valence-electron chi connectivity index (χ1n) is 7.03. The molecule has 5 N–H and O–H groups in total. The maximum atomic E-state index is 9.46. The summed E-state index contributed by atoms with van der Waals surface area (Å²) in [6.07, 6.45) is -0.654. The smallest absolute Gasteiger partial charge is 0.130 e. The van der Waals surface area contributed by atoms with E-state index in [-0.39, 0.29) is 0 Å². The molecule has 0 aliphatic carbocycles. The Hall–Kier alpha value is -2.81. The fourth-order valence-electron chi connectivity index (χ4n) is 2.59. The Kier molecular flexibility index (Phi) is 3.79. The monoisotopic (exact) mass is 291 g/mol. The summed E-state index contributed by atoms with van der Waals surface area (Å²) < 4.78 is 0. The quantitative estimate of drug-likeness (QED) is 0.749. The predicted molar refractivity (Wildman–Crippen MR) is 86.9 cm³/mol. The molecule has 22 heavy (non-hydrogen) atoms. The normalized spacial score (nSPS) is 17.0. The lowest BCUT2D eigenvalue weighted by atomic mass is 9.98. The molecule has 1 unspecified atom stereocenters. The molecule has 0 bridgehead atoms. The van der Waals surface area contributed by atoms with Gasteiger partial charge in [0.2, 0.25) is 0 Å². The molecule has 2 aromatic rings. The Morgan fingerprint density at radius 3 is 2.50 bits per heavy atom. The van der Waals surface area contributed by atoms with Crippen LogP contribution in [0.15, 0.2) is 60.2 Å². The second-order valence-corrected chi connectivity index (χ2v) is 5.11. The van der Waals surface area contributed by atoms with Gasteiger partial charge < -0.3 is 11.1 Å². The van der Waals surface area contributed by atoms with E-state index in [1.54, 1.807) is 0 Å². The average Bonchev–Trinajstić information content (AvgIpc) is 2.57. The van der Waals surface area contributed by atoms with Crippen molar-refractivity contribution in [3.63, 3.8) is 0 Å². The fourth-order valence-corrected chi connectivity index (χ4v) is 2.59. The maximum Gasteiger partial charge on any atom is 0.130 e. The topological polar surface area (TPSA) is 91.1 Å². The van der Waals surface area contributed by atoms with Gasteiger partial charge in [0.25, 0.3) is 0 Å². The lowest BCUT2D eigenvalue weighted by Crippen LogP contribution is -2.51. The van der Waals surface area contributed by atoms with Crippen LogP contribution in [0.3, 0.4) is 0 Å². The van der Waals surface area contributed by atoms with Crippen molar-refractivity contribution in [3.05, 3.63) is 71.3 Å². The van der Waals surface area contributed by atoms with Gasteiger partial charge in [0.1, 0.15) is 12.2 Å². The number of benzene rings is 2. The van der Waals surface area contributed by atoms with Gasteiger partial charge in [0.15, 0.2) is 0 Å². The number of nitrogens with zero attached hydrogens (tertiary/aromatic N) is 2. The predicted octanol–water partition coefficient (Wildman–Crippen LogP) is 1.69. The largest absolute Gasteiger partial charge is 0.380 e. The molecule has 5 nitrogen and oxygen atoms in total. The van der Waals surface area contributed by atoms with Crippen LogP contribution in [0.25, 0.3) is 5.70 Å². The first kappa shape index (κ1) is 14.1. The van der Waals surface area contributed by atoms with Gasteiger partial charge in [-0.25, -0.2) is 5.84 Å². The Labute approximate surface area is 129 Å². The second-order valence-electron chi connectivity index (χ2n) is 5.11. The molecular formula is C17H17N5. The van der Waals surface area contributed by atoms with Gasteiger partial charge in [-0.3, -0.25) is 5.01 Å². The zero-order valence-corrected chi connectivity index (χ0v) is 12.0. The van der Waals surface area contributed by atoms with Gasteiger partial charge in [-0.05, 0) is 11.6 Å². The summed E-state index contributed by atoms with van der Waals surface area (Å²) in [4.78, 5) is 0. The number of anilines is 1. The van der Waals surface area contributed by atoms with Crippen molar-refractivity contribution in [2.45, 2.75) is 12.7 Å². The molecule has 0 amide bonds. The molecule has 2 aromatic carbocycles. The van der Waals surface area contributed by atoms with E-state index in [2.05, 4.69) is 11.4 Å². The summed E-state index contributed by atoms with van der Waals surface area (Å²) in [7, 11) is 0. The number of nitrogens with one attached hydrogen (secondary N) is 1. The Morgan fingerprint density at radius 2 is 1.77 bits per heavy atom. The van der Waals surface area contributed by atoms with Crippen molar-refractivity contribution in [3.8, 4) is 6.07 Å². The Bertz CT molecular complexity index is 745. The molecule has 0 fully saturated rings. The summed E-state index contributed by atoms with van der Waals surface area (Å²) in [5.41, 5.74) is 10.1. The van der Waals surface area contributed by atoms with E-state index < -0.39 is 6.17 Å². The molecule has 0 spiro atoms. The third-order valence-electron chi connectivity index (χ3n) is 3.75. The second kappa shape index (κ2) is 5.90. The molecule has 0 radical (unpaired) electrons. The van der Waals surface area contributed by atoms with E-state index in [4.69, 9.17) is 11.6 Å². The molecule has 1 aliphatic rings. The van der Waals surface area contributed by atoms with Crippen LogP contribution >= 0.6 is 0 Å². The number of nitriles is 1. The number of hydrazine groups is 1. The van der Waals surface area contributed by atoms with Crippen molar-refractivity contribution >= 4 is 11.4 Å². The van der Waals surface area contributed by atoms with Gasteiger partial charge in [-0.1, -0.05) is 48.5 Å². The van der Waals surface area contributed by atoms with Crippen LogP contribution in [0.5, 0.6) is 0 Å². The third-order valence-corrected chi connectivity index (χ3v) is 3.75. The van der Waals surface area contributed by atoms with Gasteiger partial charge in [0, 0.05) is 12.1 Å². The summed E-state index contributed by atoms with van der Waals surface area (Å²) in [6, 6.07) is 19.8. The molecular weight excluding hydrogens is 274 g/mol. The minimum absolute atomic E-state index is 0.442. The van der Waals surface area contributed by atoms with E-state index in [0.717, 1.165) is 22.5 Å². The molecule has 0 saturated carbocycles. The lowest BCUT2D eigenvalue weighted by Gasteiger charge is -2.34. The standard InChI is InChI=1S/C17H17N5/c18-10-14-16(21-11-12-6-2-1-3-7-12)13-8-4-5-9-15(13)22(20)17(14)19/h1-9,17,21H,11,19-20H2. The highest BCUT2D eigenvalue weighted by molar-refractivity contribution is 5.84. The van der Waals surface area contributed by atoms with Gasteiger partial charge in [-0.15, -0.1) is 0 Å². The zero-order chi connectivity index (χ0) is 15.5. The molecule has 3 rings (SSSR count). The van der Waals surface area contributed by atoms with E-state index in [9.17, 15) is 5.26 Å². The summed E-state index contributed by atoms with van der Waals surface area (Å²) in [5, 5.41) is 14.2. The molecule has 1 aliphatic heterocycles. The highest BCUT2D eigenvalue weighted by atomic mass is 15.5. The minimum Gasteiger partial charge on any atom is -0.380 e. The van der Waals surface area contributed by atoms with Crippen molar-refractivity contribution in [1.29, 1.82) is 5.26 Å². The van der Waals surface area contributed by atoms with Crippen molar-refractivity contribution in [2.75, 3.05) is 5.01 Å². The number of hydrogen-bond acceptors (Lipinski definition) is 5.